The molecule has 8 heteroatoms. The third-order valence-corrected chi connectivity index (χ3v) is 2.13. The van der Waals surface area contributed by atoms with Gasteiger partial charge < -0.3 is 30.6 Å². The lowest BCUT2D eigenvalue weighted by atomic mass is 10.0. The first-order chi connectivity index (χ1) is 6.29. The minimum atomic E-state index is -1.93. The van der Waals surface area contributed by atoms with Crippen molar-refractivity contribution >= 4 is 23.2 Å². The maximum atomic E-state index is 9.10. The van der Waals surface area contributed by atoms with Crippen molar-refractivity contribution in [3.63, 3.8) is 0 Å². The van der Waals surface area contributed by atoms with Crippen LogP contribution in [0.5, 0.6) is 0 Å². The average molecular weight is 251 g/mol. The van der Waals surface area contributed by atoms with Crippen molar-refractivity contribution < 1.29 is 30.6 Å². The molecule has 6 N–H and O–H groups in total. The zero-order chi connectivity index (χ0) is 11.5. The van der Waals surface area contributed by atoms with Crippen LogP contribution >= 0.6 is 23.2 Å². The smallest absolute Gasteiger partial charge is 0.156 e. The van der Waals surface area contributed by atoms with Gasteiger partial charge in [-0.1, -0.05) is 23.2 Å². The minimum Gasteiger partial charge on any atom is -0.387 e. The number of halogens is 2. The predicted octanol–water partition coefficient (Wildman–Crippen LogP) is -2.46. The monoisotopic (exact) mass is 250 g/mol. The summed E-state index contributed by atoms with van der Waals surface area (Å²) in [5.41, 5.74) is -3.61. The molecule has 0 saturated heterocycles. The molecule has 0 radical (unpaired) electrons. The molecule has 86 valence electrons. The zero-order valence-electron chi connectivity index (χ0n) is 6.90. The molecule has 0 aromatic heterocycles. The van der Waals surface area contributed by atoms with Crippen molar-refractivity contribution in [2.75, 3.05) is 0 Å². The Bertz CT molecular complexity index is 148. The van der Waals surface area contributed by atoms with E-state index < -0.39 is 35.5 Å². The largest absolute Gasteiger partial charge is 0.387 e. The van der Waals surface area contributed by atoms with Crippen LogP contribution in [0, 0.1) is 0 Å². The molecule has 0 aliphatic carbocycles. The molecule has 6 atom stereocenters. The first-order valence-electron chi connectivity index (χ1n) is 3.65. The third kappa shape index (κ3) is 3.84. The lowest BCUT2D eigenvalue weighted by molar-refractivity contribution is -0.133. The van der Waals surface area contributed by atoms with Gasteiger partial charge >= 0.3 is 0 Å². The maximum Gasteiger partial charge on any atom is 0.156 e. The molecule has 0 aliphatic heterocycles. The Morgan fingerprint density at radius 1 is 0.500 bits per heavy atom. The molecule has 2 unspecified atom stereocenters. The quantitative estimate of drug-likeness (QED) is 0.301. The van der Waals surface area contributed by atoms with Gasteiger partial charge in [0.05, 0.1) is 0 Å². The van der Waals surface area contributed by atoms with E-state index in [1.807, 2.05) is 0 Å². The van der Waals surface area contributed by atoms with Crippen LogP contribution in [0.2, 0.25) is 0 Å². The van der Waals surface area contributed by atoms with Crippen molar-refractivity contribution in [2.45, 2.75) is 35.5 Å². The Balaban J connectivity index is 4.30. The summed E-state index contributed by atoms with van der Waals surface area (Å²) in [6.07, 6.45) is -7.58. The molecule has 6 nitrogen and oxygen atoms in total. The normalized spacial score (nSPS) is 24.9. The van der Waals surface area contributed by atoms with E-state index in [2.05, 4.69) is 0 Å². The lowest BCUT2D eigenvalue weighted by Gasteiger charge is -2.27. The summed E-state index contributed by atoms with van der Waals surface area (Å²) in [7, 11) is 0. The van der Waals surface area contributed by atoms with Gasteiger partial charge in [0, 0.05) is 0 Å². The van der Waals surface area contributed by atoms with Crippen LogP contribution in [0.1, 0.15) is 0 Å². The summed E-state index contributed by atoms with van der Waals surface area (Å²) in [4.78, 5) is 0. The zero-order valence-corrected chi connectivity index (χ0v) is 8.42. The van der Waals surface area contributed by atoms with E-state index in [0.29, 0.717) is 0 Å². The Kier molecular flexibility index (Phi) is 6.19. The van der Waals surface area contributed by atoms with Crippen LogP contribution in [0.4, 0.5) is 0 Å². The van der Waals surface area contributed by atoms with E-state index in [4.69, 9.17) is 53.8 Å². The molecular weight excluding hydrogens is 239 g/mol. The molecule has 0 aromatic rings. The van der Waals surface area contributed by atoms with Crippen molar-refractivity contribution in [2.24, 2.45) is 0 Å². The van der Waals surface area contributed by atoms with Crippen LogP contribution in [-0.4, -0.2) is 66.2 Å². The van der Waals surface area contributed by atoms with Gasteiger partial charge in [-0.05, 0) is 0 Å². The second-order valence-electron chi connectivity index (χ2n) is 2.71. The van der Waals surface area contributed by atoms with Crippen molar-refractivity contribution in [1.82, 2.24) is 0 Å². The fourth-order valence-electron chi connectivity index (χ4n) is 0.729. The van der Waals surface area contributed by atoms with E-state index in [1.54, 1.807) is 0 Å². The molecule has 0 rings (SSSR count). The van der Waals surface area contributed by atoms with E-state index >= 15 is 0 Å². The van der Waals surface area contributed by atoms with Gasteiger partial charge in [0.1, 0.15) is 24.4 Å². The molecule has 0 heterocycles. The molecule has 0 spiro atoms. The topological polar surface area (TPSA) is 121 Å². The van der Waals surface area contributed by atoms with Crippen LogP contribution < -0.4 is 0 Å². The standard InChI is InChI=1S/C6H12Cl2O6/c7-5(13)3(11)1(9)2(10)4(12)6(8)14/h1-6,9-14H/t1-,2-,3-,4-,5?,6?/m0/s1. The predicted molar refractivity (Wildman–Crippen MR) is 47.7 cm³/mol. The van der Waals surface area contributed by atoms with E-state index in [1.165, 1.54) is 0 Å². The van der Waals surface area contributed by atoms with Crippen LogP contribution in [0.3, 0.4) is 0 Å². The molecule has 0 fully saturated rings. The second-order valence-corrected chi connectivity index (χ2v) is 3.60. The first-order valence-corrected chi connectivity index (χ1v) is 4.53. The van der Waals surface area contributed by atoms with E-state index in [0.717, 1.165) is 0 Å². The van der Waals surface area contributed by atoms with Gasteiger partial charge in [-0.15, -0.1) is 0 Å². The number of hydrogen-bond acceptors (Lipinski definition) is 6. The maximum absolute atomic E-state index is 9.10. The van der Waals surface area contributed by atoms with Crippen molar-refractivity contribution in [3.05, 3.63) is 0 Å². The Morgan fingerprint density at radius 2 is 0.714 bits per heavy atom. The van der Waals surface area contributed by atoms with Gasteiger partial charge in [0.15, 0.2) is 11.1 Å². The Hall–Kier alpha value is 0.340. The number of aliphatic hydroxyl groups excluding tert-OH is 6. The first kappa shape index (κ1) is 14.3. The molecule has 0 amide bonds. The van der Waals surface area contributed by atoms with Crippen LogP contribution in [-0.2, 0) is 0 Å². The molecule has 0 bridgehead atoms. The highest BCUT2D eigenvalue weighted by Gasteiger charge is 2.35. The van der Waals surface area contributed by atoms with Crippen molar-refractivity contribution in [3.8, 4) is 0 Å². The molecule has 0 aromatic carbocycles. The highest BCUT2D eigenvalue weighted by molar-refractivity contribution is 6.20. The summed E-state index contributed by atoms with van der Waals surface area (Å²) in [6.45, 7) is 0. The fraction of sp³-hybridized carbons (Fsp3) is 1.00. The number of alkyl halides is 2. The molecule has 14 heavy (non-hydrogen) atoms. The summed E-state index contributed by atoms with van der Waals surface area (Å²) in [5.74, 6) is 0. The van der Waals surface area contributed by atoms with Crippen molar-refractivity contribution in [1.29, 1.82) is 0 Å². The van der Waals surface area contributed by atoms with Gasteiger partial charge in [-0.3, -0.25) is 0 Å². The summed E-state index contributed by atoms with van der Waals surface area (Å²) >= 11 is 10.0. The average Bonchev–Trinajstić information content (AvgIpc) is 2.12. The summed E-state index contributed by atoms with van der Waals surface area (Å²) in [5, 5.41) is 53.4. The molecule has 0 aliphatic rings. The molecular formula is C6H12Cl2O6. The van der Waals surface area contributed by atoms with Gasteiger partial charge in [0.2, 0.25) is 0 Å². The number of aliphatic hydroxyl groups is 6. The van der Waals surface area contributed by atoms with E-state index in [9.17, 15) is 0 Å². The highest BCUT2D eigenvalue weighted by atomic mass is 35.5. The Morgan fingerprint density at radius 3 is 0.857 bits per heavy atom. The second kappa shape index (κ2) is 6.04. The SMILES string of the molecule is OC(Cl)[C@@H](O)[C@@H](O)[C@H](O)[C@H](O)C(O)Cl. The van der Waals surface area contributed by atoms with Crippen LogP contribution in [0.25, 0.3) is 0 Å². The lowest BCUT2D eigenvalue weighted by Crippen LogP contribution is -2.50. The van der Waals surface area contributed by atoms with Gasteiger partial charge in [-0.2, -0.15) is 0 Å². The highest BCUT2D eigenvalue weighted by Crippen LogP contribution is 2.13. The third-order valence-electron chi connectivity index (χ3n) is 1.61. The van der Waals surface area contributed by atoms with Crippen LogP contribution in [0.15, 0.2) is 0 Å². The molecule has 0 saturated carbocycles. The van der Waals surface area contributed by atoms with Gasteiger partial charge in [0.25, 0.3) is 0 Å². The summed E-state index contributed by atoms with van der Waals surface area (Å²) < 4.78 is 0. The fourth-order valence-corrected chi connectivity index (χ4v) is 1.03. The Labute approximate surface area is 89.9 Å². The summed E-state index contributed by atoms with van der Waals surface area (Å²) in [6, 6.07) is 0. The number of rotatable bonds is 5. The van der Waals surface area contributed by atoms with E-state index in [-0.39, 0.29) is 0 Å². The van der Waals surface area contributed by atoms with Gasteiger partial charge in [-0.25, -0.2) is 0 Å². The minimum absolute atomic E-state index is 1.81. The number of hydrogen-bond donors (Lipinski definition) is 6.